The Morgan fingerprint density at radius 3 is 2.48 bits per heavy atom. The third kappa shape index (κ3) is 4.27. The fourth-order valence-corrected chi connectivity index (χ4v) is 3.48. The number of aromatic carboxylic acids is 1. The number of hydrogen-bond donors (Lipinski definition) is 1. The lowest BCUT2D eigenvalue weighted by atomic mass is 9.90. The first kappa shape index (κ1) is 15.9. The van der Waals surface area contributed by atoms with Crippen LogP contribution in [0.4, 0.5) is 0 Å². The van der Waals surface area contributed by atoms with Gasteiger partial charge in [-0.25, -0.2) is 9.78 Å². The van der Waals surface area contributed by atoms with E-state index in [1.807, 2.05) is 4.90 Å². The maximum absolute atomic E-state index is 12.2. The van der Waals surface area contributed by atoms with Crippen LogP contribution in [0.5, 0.6) is 0 Å². The van der Waals surface area contributed by atoms with Crippen molar-refractivity contribution in [2.75, 3.05) is 13.1 Å². The quantitative estimate of drug-likeness (QED) is 0.931. The van der Waals surface area contributed by atoms with E-state index in [0.717, 1.165) is 30.9 Å². The molecule has 1 fully saturated rings. The summed E-state index contributed by atoms with van der Waals surface area (Å²) < 4.78 is 0. The van der Waals surface area contributed by atoms with Crippen molar-refractivity contribution in [2.24, 2.45) is 5.41 Å². The minimum absolute atomic E-state index is 0.0135. The van der Waals surface area contributed by atoms with Gasteiger partial charge in [-0.1, -0.05) is 20.8 Å². The van der Waals surface area contributed by atoms with Crippen LogP contribution >= 0.6 is 11.3 Å². The van der Waals surface area contributed by atoms with Crippen LogP contribution in [0.25, 0.3) is 0 Å². The molecule has 0 unspecified atom stereocenters. The number of thiazole rings is 1. The number of carboxylic acid groups (broad SMARTS) is 1. The van der Waals surface area contributed by atoms with Gasteiger partial charge in [-0.2, -0.15) is 0 Å². The summed E-state index contributed by atoms with van der Waals surface area (Å²) in [5, 5.41) is 11.4. The summed E-state index contributed by atoms with van der Waals surface area (Å²) in [7, 11) is 0. The van der Waals surface area contributed by atoms with Gasteiger partial charge in [-0.15, -0.1) is 11.3 Å². The molecular formula is C15H22N2O3S. The van der Waals surface area contributed by atoms with Crippen LogP contribution in [0.2, 0.25) is 0 Å². The zero-order valence-electron chi connectivity index (χ0n) is 12.8. The molecule has 1 aliphatic heterocycles. The molecule has 1 aliphatic rings. The lowest BCUT2D eigenvalue weighted by Gasteiger charge is -2.33. The molecule has 0 atom stereocenters. The fourth-order valence-electron chi connectivity index (χ4n) is 2.51. The number of hydrogen-bond acceptors (Lipinski definition) is 4. The van der Waals surface area contributed by atoms with Crippen molar-refractivity contribution in [2.45, 2.75) is 46.0 Å². The van der Waals surface area contributed by atoms with Gasteiger partial charge in [0, 0.05) is 30.8 Å². The van der Waals surface area contributed by atoms with Gasteiger partial charge in [0.1, 0.15) is 0 Å². The molecular weight excluding hydrogens is 288 g/mol. The van der Waals surface area contributed by atoms with Crippen LogP contribution in [-0.2, 0) is 4.79 Å². The summed E-state index contributed by atoms with van der Waals surface area (Å²) in [6, 6.07) is 0. The van der Waals surface area contributed by atoms with Gasteiger partial charge in [0.2, 0.25) is 5.91 Å². The number of carboxylic acids is 1. The maximum Gasteiger partial charge on any atom is 0.355 e. The molecule has 1 saturated heterocycles. The average Bonchev–Trinajstić information content (AvgIpc) is 2.86. The van der Waals surface area contributed by atoms with Crippen molar-refractivity contribution >= 4 is 23.2 Å². The van der Waals surface area contributed by atoms with E-state index in [1.165, 1.54) is 11.3 Å². The van der Waals surface area contributed by atoms with Gasteiger partial charge in [0.05, 0.1) is 5.01 Å². The number of amides is 1. The molecule has 21 heavy (non-hydrogen) atoms. The van der Waals surface area contributed by atoms with Crippen LogP contribution in [0.1, 0.15) is 61.4 Å². The third-order valence-electron chi connectivity index (χ3n) is 3.62. The largest absolute Gasteiger partial charge is 0.476 e. The Kier molecular flexibility index (Phi) is 4.66. The van der Waals surface area contributed by atoms with Crippen LogP contribution in [0.15, 0.2) is 5.38 Å². The molecule has 1 aromatic heterocycles. The number of piperidine rings is 1. The number of aromatic nitrogens is 1. The molecule has 0 saturated carbocycles. The van der Waals surface area contributed by atoms with E-state index in [0.29, 0.717) is 6.42 Å². The number of carbonyl (C=O) groups is 2. The summed E-state index contributed by atoms with van der Waals surface area (Å²) in [5.41, 5.74) is 0.140. The summed E-state index contributed by atoms with van der Waals surface area (Å²) >= 11 is 1.41. The number of nitrogens with zero attached hydrogens (tertiary/aromatic N) is 2. The first-order chi connectivity index (χ1) is 9.76. The predicted octanol–water partition coefficient (Wildman–Crippen LogP) is 2.98. The van der Waals surface area contributed by atoms with Crippen molar-refractivity contribution in [3.8, 4) is 0 Å². The Morgan fingerprint density at radius 2 is 2.00 bits per heavy atom. The molecule has 2 heterocycles. The van der Waals surface area contributed by atoms with E-state index in [1.54, 1.807) is 5.38 Å². The number of likely N-dealkylation sites (tertiary alicyclic amines) is 1. The summed E-state index contributed by atoms with van der Waals surface area (Å²) in [6.45, 7) is 7.69. The molecule has 6 heteroatoms. The van der Waals surface area contributed by atoms with Gasteiger partial charge < -0.3 is 10.0 Å². The second-order valence-corrected chi connectivity index (χ2v) is 7.66. The molecule has 2 rings (SSSR count). The van der Waals surface area contributed by atoms with Gasteiger partial charge in [0.15, 0.2) is 5.69 Å². The SMILES string of the molecule is CC(C)(C)CC(=O)N1CCC(c2nc(C(=O)O)cs2)CC1. The predicted molar refractivity (Wildman–Crippen MR) is 81.7 cm³/mol. The topological polar surface area (TPSA) is 70.5 Å². The first-order valence-corrected chi connectivity index (χ1v) is 8.11. The zero-order chi connectivity index (χ0) is 15.6. The Labute approximate surface area is 129 Å². The molecule has 0 spiro atoms. The van der Waals surface area contributed by atoms with Crippen molar-refractivity contribution in [3.63, 3.8) is 0 Å². The number of rotatable bonds is 3. The normalized spacial score (nSPS) is 17.0. The first-order valence-electron chi connectivity index (χ1n) is 7.23. The maximum atomic E-state index is 12.2. The summed E-state index contributed by atoms with van der Waals surface area (Å²) in [4.78, 5) is 29.2. The highest BCUT2D eigenvalue weighted by Crippen LogP contribution is 2.31. The Morgan fingerprint density at radius 1 is 1.38 bits per heavy atom. The van der Waals surface area contributed by atoms with E-state index in [-0.39, 0.29) is 22.9 Å². The minimum atomic E-state index is -0.977. The van der Waals surface area contributed by atoms with Crippen LogP contribution in [-0.4, -0.2) is 40.0 Å². The number of carbonyl (C=O) groups excluding carboxylic acids is 1. The standard InChI is InChI=1S/C15H22N2O3S/c1-15(2,3)8-12(18)17-6-4-10(5-7-17)13-16-11(9-21-13)14(19)20/h9-10H,4-8H2,1-3H3,(H,19,20). The summed E-state index contributed by atoms with van der Waals surface area (Å²) in [5.74, 6) is -0.483. The van der Waals surface area contributed by atoms with Crippen molar-refractivity contribution in [1.29, 1.82) is 0 Å². The van der Waals surface area contributed by atoms with Crippen molar-refractivity contribution in [1.82, 2.24) is 9.88 Å². The zero-order valence-corrected chi connectivity index (χ0v) is 13.6. The smallest absolute Gasteiger partial charge is 0.355 e. The van der Waals surface area contributed by atoms with Crippen LogP contribution < -0.4 is 0 Å². The second kappa shape index (κ2) is 6.13. The highest BCUT2D eigenvalue weighted by molar-refractivity contribution is 7.09. The highest BCUT2D eigenvalue weighted by atomic mass is 32.1. The van der Waals surface area contributed by atoms with E-state index in [9.17, 15) is 9.59 Å². The molecule has 0 aliphatic carbocycles. The van der Waals surface area contributed by atoms with Gasteiger partial charge >= 0.3 is 5.97 Å². The monoisotopic (exact) mass is 310 g/mol. The molecule has 5 nitrogen and oxygen atoms in total. The fraction of sp³-hybridized carbons (Fsp3) is 0.667. The summed E-state index contributed by atoms with van der Waals surface area (Å²) in [6.07, 6.45) is 2.29. The van der Waals surface area contributed by atoms with Gasteiger partial charge in [-0.3, -0.25) is 4.79 Å². The minimum Gasteiger partial charge on any atom is -0.476 e. The van der Waals surface area contributed by atoms with Gasteiger partial charge in [0.25, 0.3) is 0 Å². The average molecular weight is 310 g/mol. The van der Waals surface area contributed by atoms with Crippen molar-refractivity contribution < 1.29 is 14.7 Å². The van der Waals surface area contributed by atoms with Gasteiger partial charge in [-0.05, 0) is 18.3 Å². The molecule has 0 aromatic carbocycles. The molecule has 0 radical (unpaired) electrons. The van der Waals surface area contributed by atoms with E-state index in [2.05, 4.69) is 25.8 Å². The lowest BCUT2D eigenvalue weighted by Crippen LogP contribution is -2.39. The Hall–Kier alpha value is -1.43. The third-order valence-corrected chi connectivity index (χ3v) is 4.63. The highest BCUT2D eigenvalue weighted by Gasteiger charge is 2.28. The molecule has 1 aromatic rings. The van der Waals surface area contributed by atoms with Crippen LogP contribution in [0.3, 0.4) is 0 Å². The second-order valence-electron chi connectivity index (χ2n) is 6.77. The van der Waals surface area contributed by atoms with E-state index < -0.39 is 5.97 Å². The lowest BCUT2D eigenvalue weighted by molar-refractivity contribution is -0.134. The van der Waals surface area contributed by atoms with E-state index >= 15 is 0 Å². The Bertz CT molecular complexity index is 525. The van der Waals surface area contributed by atoms with E-state index in [4.69, 9.17) is 5.11 Å². The molecule has 1 N–H and O–H groups in total. The molecule has 1 amide bonds. The van der Waals surface area contributed by atoms with Crippen molar-refractivity contribution in [3.05, 3.63) is 16.1 Å². The Balaban J connectivity index is 1.90. The molecule has 0 bridgehead atoms. The molecule has 116 valence electrons. The van der Waals surface area contributed by atoms with Crippen LogP contribution in [0, 0.1) is 5.41 Å².